The number of piperidine rings is 1. The number of hydrogen-bond acceptors (Lipinski definition) is 4. The van der Waals surface area contributed by atoms with E-state index in [1.54, 1.807) is 0 Å². The van der Waals surface area contributed by atoms with Crippen LogP contribution in [0, 0.1) is 0 Å². The molecular weight excluding hydrogens is 246 g/mol. The van der Waals surface area contributed by atoms with Gasteiger partial charge in [-0.3, -0.25) is 4.79 Å². The molecule has 1 aromatic rings. The molecule has 0 spiro atoms. The van der Waals surface area contributed by atoms with Crippen LogP contribution in [0.15, 0.2) is 5.38 Å². The van der Waals surface area contributed by atoms with E-state index in [2.05, 4.69) is 18.8 Å². The first-order valence-corrected chi connectivity index (χ1v) is 7.42. The lowest BCUT2D eigenvalue weighted by Crippen LogP contribution is -2.47. The molecule has 0 aromatic carbocycles. The summed E-state index contributed by atoms with van der Waals surface area (Å²) < 4.78 is 0. The summed E-state index contributed by atoms with van der Waals surface area (Å²) in [4.78, 5) is 18.8. The third kappa shape index (κ3) is 2.57. The Morgan fingerprint density at radius 2 is 2.11 bits per heavy atom. The van der Waals surface area contributed by atoms with E-state index < -0.39 is 0 Å². The van der Waals surface area contributed by atoms with E-state index in [1.165, 1.54) is 17.8 Å². The summed E-state index contributed by atoms with van der Waals surface area (Å²) >= 11 is 1.47. The van der Waals surface area contributed by atoms with Crippen LogP contribution in [0.3, 0.4) is 0 Å². The van der Waals surface area contributed by atoms with Crippen LogP contribution in [-0.2, 0) is 0 Å². The fraction of sp³-hybridized carbons (Fsp3) is 0.692. The number of nitrogens with zero attached hydrogens (tertiary/aromatic N) is 2. The number of thiazole rings is 1. The summed E-state index contributed by atoms with van der Waals surface area (Å²) in [6.45, 7) is 6.12. The summed E-state index contributed by atoms with van der Waals surface area (Å²) in [6, 6.07) is 0.510. The van der Waals surface area contributed by atoms with Crippen molar-refractivity contribution in [3.8, 4) is 0 Å². The van der Waals surface area contributed by atoms with Crippen LogP contribution in [0.5, 0.6) is 0 Å². The molecule has 1 aliphatic heterocycles. The Labute approximate surface area is 112 Å². The number of carbonyl (C=O) groups excluding carboxylic acids is 1. The van der Waals surface area contributed by atoms with Crippen molar-refractivity contribution in [2.75, 3.05) is 0 Å². The Kier molecular flexibility index (Phi) is 4.02. The van der Waals surface area contributed by atoms with Gasteiger partial charge in [0.25, 0.3) is 5.91 Å². The molecule has 2 heterocycles. The molecule has 18 heavy (non-hydrogen) atoms. The van der Waals surface area contributed by atoms with Crippen LogP contribution in [0.2, 0.25) is 0 Å². The Balaban J connectivity index is 2.18. The molecule has 1 amide bonds. The average molecular weight is 267 g/mol. The third-order valence-electron chi connectivity index (χ3n) is 3.56. The number of hydrogen-bond donors (Lipinski definition) is 1. The van der Waals surface area contributed by atoms with Gasteiger partial charge in [0.1, 0.15) is 10.7 Å². The second-order valence-corrected chi connectivity index (χ2v) is 6.09. The normalized spacial score (nSPS) is 26.1. The predicted molar refractivity (Wildman–Crippen MR) is 73.7 cm³/mol. The van der Waals surface area contributed by atoms with Crippen molar-refractivity contribution in [1.29, 1.82) is 0 Å². The molecule has 0 saturated carbocycles. The third-order valence-corrected chi connectivity index (χ3v) is 4.60. The van der Waals surface area contributed by atoms with Crippen molar-refractivity contribution in [1.82, 2.24) is 9.88 Å². The molecule has 2 N–H and O–H groups in total. The standard InChI is InChI=1S/C13H21N3OS/c1-8-5-4-6-9(2)16(8)13(17)11-7-18-12(15-11)10(3)14/h7-10H,4-6,14H2,1-3H3/t8-,9+,10?. The lowest BCUT2D eigenvalue weighted by atomic mass is 9.97. The van der Waals surface area contributed by atoms with Gasteiger partial charge in [-0.05, 0) is 40.0 Å². The van der Waals surface area contributed by atoms with Crippen LogP contribution < -0.4 is 5.73 Å². The number of rotatable bonds is 2. The van der Waals surface area contributed by atoms with Crippen LogP contribution in [0.4, 0.5) is 0 Å². The van der Waals surface area contributed by atoms with Crippen molar-refractivity contribution in [2.45, 2.75) is 58.2 Å². The van der Waals surface area contributed by atoms with E-state index in [4.69, 9.17) is 5.73 Å². The van der Waals surface area contributed by atoms with Crippen molar-refractivity contribution < 1.29 is 4.79 Å². The number of nitrogens with two attached hydrogens (primary N) is 1. The molecule has 0 bridgehead atoms. The highest BCUT2D eigenvalue weighted by Gasteiger charge is 2.30. The second kappa shape index (κ2) is 5.36. The highest BCUT2D eigenvalue weighted by molar-refractivity contribution is 7.09. The van der Waals surface area contributed by atoms with Crippen molar-refractivity contribution in [3.05, 3.63) is 16.1 Å². The molecule has 1 saturated heterocycles. The van der Waals surface area contributed by atoms with Gasteiger partial charge < -0.3 is 10.6 Å². The number of aromatic nitrogens is 1. The minimum Gasteiger partial charge on any atom is -0.332 e. The summed E-state index contributed by atoms with van der Waals surface area (Å²) in [5.74, 6) is 0.0536. The minimum absolute atomic E-state index is 0.0536. The van der Waals surface area contributed by atoms with Crippen LogP contribution in [-0.4, -0.2) is 27.9 Å². The van der Waals surface area contributed by atoms with Crippen LogP contribution in [0.25, 0.3) is 0 Å². The van der Waals surface area contributed by atoms with Gasteiger partial charge >= 0.3 is 0 Å². The maximum atomic E-state index is 12.5. The van der Waals surface area contributed by atoms with Crippen molar-refractivity contribution in [2.24, 2.45) is 5.73 Å². The number of amides is 1. The maximum Gasteiger partial charge on any atom is 0.273 e. The lowest BCUT2D eigenvalue weighted by molar-refractivity contribution is 0.0505. The van der Waals surface area contributed by atoms with E-state index in [9.17, 15) is 4.79 Å². The van der Waals surface area contributed by atoms with Gasteiger partial charge in [0.05, 0.1) is 6.04 Å². The Hall–Kier alpha value is -0.940. The second-order valence-electron chi connectivity index (χ2n) is 5.20. The zero-order chi connectivity index (χ0) is 13.3. The molecule has 2 rings (SSSR count). The zero-order valence-corrected chi connectivity index (χ0v) is 12.0. The highest BCUT2D eigenvalue weighted by atomic mass is 32.1. The smallest absolute Gasteiger partial charge is 0.273 e. The molecule has 0 radical (unpaired) electrons. The quantitative estimate of drug-likeness (QED) is 0.896. The summed E-state index contributed by atoms with van der Waals surface area (Å²) in [5.41, 5.74) is 6.33. The van der Waals surface area contributed by atoms with Gasteiger partial charge in [-0.25, -0.2) is 4.98 Å². The molecule has 3 atom stereocenters. The van der Waals surface area contributed by atoms with Gasteiger partial charge in [0.2, 0.25) is 0 Å². The van der Waals surface area contributed by atoms with Gasteiger partial charge in [-0.2, -0.15) is 0 Å². The zero-order valence-electron chi connectivity index (χ0n) is 11.2. The largest absolute Gasteiger partial charge is 0.332 e. The monoisotopic (exact) mass is 267 g/mol. The van der Waals surface area contributed by atoms with E-state index in [1.807, 2.05) is 17.2 Å². The molecule has 1 aromatic heterocycles. The molecule has 1 fully saturated rings. The fourth-order valence-corrected chi connectivity index (χ4v) is 3.30. The van der Waals surface area contributed by atoms with Gasteiger partial charge in [0.15, 0.2) is 0 Å². The Bertz CT molecular complexity index is 420. The fourth-order valence-electron chi connectivity index (χ4n) is 2.55. The topological polar surface area (TPSA) is 59.2 Å². The van der Waals surface area contributed by atoms with Crippen molar-refractivity contribution >= 4 is 17.2 Å². The van der Waals surface area contributed by atoms with E-state index in [0.717, 1.165) is 17.8 Å². The summed E-state index contributed by atoms with van der Waals surface area (Å²) in [5, 5.41) is 2.66. The first-order valence-electron chi connectivity index (χ1n) is 6.54. The molecule has 100 valence electrons. The van der Waals surface area contributed by atoms with Crippen molar-refractivity contribution in [3.63, 3.8) is 0 Å². The highest BCUT2D eigenvalue weighted by Crippen LogP contribution is 2.25. The summed E-state index contributed by atoms with van der Waals surface area (Å²) in [7, 11) is 0. The SMILES string of the molecule is CC(N)c1nc(C(=O)N2[C@H](C)CCC[C@@H]2C)cs1. The number of carbonyl (C=O) groups is 1. The average Bonchev–Trinajstić information content (AvgIpc) is 2.77. The number of likely N-dealkylation sites (tertiary alicyclic amines) is 1. The maximum absolute atomic E-state index is 12.5. The Morgan fingerprint density at radius 1 is 1.50 bits per heavy atom. The first kappa shape index (κ1) is 13.5. The van der Waals surface area contributed by atoms with E-state index in [0.29, 0.717) is 17.8 Å². The minimum atomic E-state index is -0.104. The molecule has 5 heteroatoms. The van der Waals surface area contributed by atoms with Gasteiger partial charge in [-0.15, -0.1) is 11.3 Å². The first-order chi connectivity index (χ1) is 8.50. The summed E-state index contributed by atoms with van der Waals surface area (Å²) in [6.07, 6.45) is 3.37. The predicted octanol–water partition coefficient (Wildman–Crippen LogP) is 2.57. The van der Waals surface area contributed by atoms with Crippen LogP contribution >= 0.6 is 11.3 Å². The Morgan fingerprint density at radius 3 is 2.61 bits per heavy atom. The molecule has 4 nitrogen and oxygen atoms in total. The lowest BCUT2D eigenvalue weighted by Gasteiger charge is -2.38. The molecule has 1 unspecified atom stereocenters. The van der Waals surface area contributed by atoms with Gasteiger partial charge in [-0.1, -0.05) is 0 Å². The molecule has 0 aliphatic carbocycles. The molecular formula is C13H21N3OS. The van der Waals surface area contributed by atoms with Gasteiger partial charge in [0, 0.05) is 17.5 Å². The molecule has 1 aliphatic rings. The van der Waals surface area contributed by atoms with E-state index >= 15 is 0 Å². The van der Waals surface area contributed by atoms with E-state index in [-0.39, 0.29) is 11.9 Å². The van der Waals surface area contributed by atoms with Crippen LogP contribution in [0.1, 0.15) is 61.6 Å².